The number of H-pyrrole nitrogens is 1. The molecule has 2 atom stereocenters. The predicted molar refractivity (Wildman–Crippen MR) is 103 cm³/mol. The van der Waals surface area contributed by atoms with E-state index in [2.05, 4.69) is 15.2 Å². The number of rotatable bonds is 4. The number of pyridine rings is 1. The third kappa shape index (κ3) is 3.38. The van der Waals surface area contributed by atoms with Gasteiger partial charge in [0, 0.05) is 36.5 Å². The molecule has 1 fully saturated rings. The number of aromatic nitrogens is 3. The van der Waals surface area contributed by atoms with Crippen LogP contribution in [0.2, 0.25) is 0 Å². The molecule has 28 heavy (non-hydrogen) atoms. The molecule has 0 spiro atoms. The molecule has 2 N–H and O–H groups in total. The number of nitrogens with one attached hydrogen (secondary N) is 1. The third-order valence-corrected chi connectivity index (χ3v) is 5.15. The number of hydrogen-bond acceptors (Lipinski definition) is 4. The molecular formula is C21H20N4O3. The Morgan fingerprint density at radius 3 is 2.61 bits per heavy atom. The molecule has 0 bridgehead atoms. The van der Waals surface area contributed by atoms with Gasteiger partial charge in [-0.2, -0.15) is 5.10 Å². The van der Waals surface area contributed by atoms with Gasteiger partial charge >= 0.3 is 5.97 Å². The minimum atomic E-state index is -0.920. The number of carbonyl (C=O) groups excluding carboxylic acids is 1. The van der Waals surface area contributed by atoms with Crippen molar-refractivity contribution in [3.05, 3.63) is 71.7 Å². The van der Waals surface area contributed by atoms with Crippen LogP contribution in [0.1, 0.15) is 27.7 Å². The Labute approximate surface area is 162 Å². The van der Waals surface area contributed by atoms with Crippen molar-refractivity contribution in [2.45, 2.75) is 12.8 Å². The van der Waals surface area contributed by atoms with E-state index in [1.165, 1.54) is 0 Å². The summed E-state index contributed by atoms with van der Waals surface area (Å²) in [6.07, 6.45) is 1.64. The van der Waals surface area contributed by atoms with Crippen molar-refractivity contribution < 1.29 is 14.7 Å². The molecule has 2 aromatic heterocycles. The van der Waals surface area contributed by atoms with Gasteiger partial charge in [0.05, 0.1) is 11.6 Å². The summed E-state index contributed by atoms with van der Waals surface area (Å²) in [7, 11) is 0. The minimum absolute atomic E-state index is 0.147. The van der Waals surface area contributed by atoms with Crippen LogP contribution < -0.4 is 0 Å². The van der Waals surface area contributed by atoms with Gasteiger partial charge in [-0.15, -0.1) is 0 Å². The van der Waals surface area contributed by atoms with Crippen LogP contribution in [0.5, 0.6) is 0 Å². The Kier molecular flexibility index (Phi) is 4.65. The lowest BCUT2D eigenvalue weighted by atomic mass is 9.93. The molecule has 0 unspecified atom stereocenters. The maximum Gasteiger partial charge on any atom is 0.309 e. The summed E-state index contributed by atoms with van der Waals surface area (Å²) in [6, 6.07) is 15.0. The van der Waals surface area contributed by atoms with E-state index < -0.39 is 11.9 Å². The Morgan fingerprint density at radius 1 is 1.14 bits per heavy atom. The molecule has 7 heteroatoms. The second-order valence-corrected chi connectivity index (χ2v) is 7.05. The molecule has 1 aliphatic rings. The first-order chi connectivity index (χ1) is 13.5. The van der Waals surface area contributed by atoms with Crippen molar-refractivity contribution in [2.75, 3.05) is 13.1 Å². The zero-order valence-electron chi connectivity index (χ0n) is 15.4. The molecule has 0 saturated carbocycles. The van der Waals surface area contributed by atoms with Crippen LogP contribution in [-0.4, -0.2) is 50.2 Å². The number of amides is 1. The zero-order chi connectivity index (χ0) is 19.7. The summed E-state index contributed by atoms with van der Waals surface area (Å²) in [5, 5.41) is 16.6. The maximum atomic E-state index is 12.9. The third-order valence-electron chi connectivity index (χ3n) is 5.15. The summed E-state index contributed by atoms with van der Waals surface area (Å²) < 4.78 is 0. The van der Waals surface area contributed by atoms with Crippen molar-refractivity contribution in [1.29, 1.82) is 0 Å². The van der Waals surface area contributed by atoms with Crippen LogP contribution in [0, 0.1) is 12.8 Å². The van der Waals surface area contributed by atoms with Gasteiger partial charge in [-0.1, -0.05) is 35.9 Å². The summed E-state index contributed by atoms with van der Waals surface area (Å²) in [5.74, 6) is -2.19. The highest BCUT2D eigenvalue weighted by molar-refractivity contribution is 5.94. The van der Waals surface area contributed by atoms with Crippen molar-refractivity contribution in [2.24, 2.45) is 5.92 Å². The number of aliphatic carboxylic acids is 1. The fourth-order valence-electron chi connectivity index (χ4n) is 3.59. The van der Waals surface area contributed by atoms with Gasteiger partial charge in [0.2, 0.25) is 0 Å². The van der Waals surface area contributed by atoms with E-state index in [1.54, 1.807) is 29.3 Å². The SMILES string of the molecule is Cc1ccc(-c2cc(C(=O)N3C[C@@H](C(=O)O)[C@H](c4ccccn4)C3)[nH]n2)cc1. The Morgan fingerprint density at radius 2 is 1.93 bits per heavy atom. The molecule has 142 valence electrons. The molecule has 1 aromatic carbocycles. The van der Waals surface area contributed by atoms with Crippen molar-refractivity contribution in [3.8, 4) is 11.3 Å². The quantitative estimate of drug-likeness (QED) is 0.729. The van der Waals surface area contributed by atoms with Crippen LogP contribution in [0.15, 0.2) is 54.7 Å². The van der Waals surface area contributed by atoms with Gasteiger partial charge in [-0.3, -0.25) is 19.7 Å². The van der Waals surface area contributed by atoms with Crippen molar-refractivity contribution in [1.82, 2.24) is 20.1 Å². The molecule has 4 rings (SSSR count). The van der Waals surface area contributed by atoms with Gasteiger partial charge in [0.1, 0.15) is 5.69 Å². The number of carboxylic acid groups (broad SMARTS) is 1. The Balaban J connectivity index is 1.55. The first-order valence-corrected chi connectivity index (χ1v) is 9.08. The highest BCUT2D eigenvalue weighted by Crippen LogP contribution is 2.32. The molecule has 0 radical (unpaired) electrons. The summed E-state index contributed by atoms with van der Waals surface area (Å²) in [6.45, 7) is 2.47. The summed E-state index contributed by atoms with van der Waals surface area (Å²) in [4.78, 5) is 30.5. The average Bonchev–Trinajstić information content (AvgIpc) is 3.37. The Hall–Kier alpha value is -3.48. The molecule has 0 aliphatic carbocycles. The smallest absolute Gasteiger partial charge is 0.309 e. The van der Waals surface area contributed by atoms with Crippen LogP contribution in [-0.2, 0) is 4.79 Å². The number of carbonyl (C=O) groups is 2. The molecule has 1 aliphatic heterocycles. The van der Waals surface area contributed by atoms with Crippen molar-refractivity contribution >= 4 is 11.9 Å². The predicted octanol–water partition coefficient (Wildman–Crippen LogP) is 2.72. The number of carboxylic acids is 1. The zero-order valence-corrected chi connectivity index (χ0v) is 15.4. The number of benzene rings is 1. The van der Waals surface area contributed by atoms with Gasteiger partial charge < -0.3 is 10.0 Å². The number of aromatic amines is 1. The topological polar surface area (TPSA) is 99.2 Å². The highest BCUT2D eigenvalue weighted by Gasteiger charge is 2.41. The first kappa shape index (κ1) is 17.9. The maximum absolute atomic E-state index is 12.9. The van der Waals surface area contributed by atoms with E-state index in [9.17, 15) is 14.7 Å². The van der Waals surface area contributed by atoms with Gasteiger partial charge in [-0.25, -0.2) is 0 Å². The van der Waals surface area contributed by atoms with Gasteiger partial charge in [0.25, 0.3) is 5.91 Å². The lowest BCUT2D eigenvalue weighted by Gasteiger charge is -2.15. The van der Waals surface area contributed by atoms with E-state index in [0.29, 0.717) is 23.6 Å². The van der Waals surface area contributed by atoms with E-state index in [1.807, 2.05) is 37.3 Å². The normalized spacial score (nSPS) is 19.0. The largest absolute Gasteiger partial charge is 0.481 e. The molecule has 3 aromatic rings. The molecular weight excluding hydrogens is 356 g/mol. The summed E-state index contributed by atoms with van der Waals surface area (Å²) >= 11 is 0. The van der Waals surface area contributed by atoms with Crippen LogP contribution in [0.3, 0.4) is 0 Å². The monoisotopic (exact) mass is 376 g/mol. The second-order valence-electron chi connectivity index (χ2n) is 7.05. The first-order valence-electron chi connectivity index (χ1n) is 9.08. The fraction of sp³-hybridized carbons (Fsp3) is 0.238. The van der Waals surface area contributed by atoms with Crippen LogP contribution in [0.25, 0.3) is 11.3 Å². The second kappa shape index (κ2) is 7.26. The average molecular weight is 376 g/mol. The van der Waals surface area contributed by atoms with E-state index in [-0.39, 0.29) is 18.4 Å². The standard InChI is InChI=1S/C21H20N4O3/c1-13-5-7-14(8-6-13)18-10-19(24-23-18)20(26)25-11-15(16(12-25)21(27)28)17-4-2-3-9-22-17/h2-10,15-16H,11-12H2,1H3,(H,23,24)(H,27,28)/t15-,16-/m1/s1. The van der Waals surface area contributed by atoms with E-state index >= 15 is 0 Å². The minimum Gasteiger partial charge on any atom is -0.481 e. The van der Waals surface area contributed by atoms with Gasteiger partial charge in [-0.05, 0) is 25.1 Å². The fourth-order valence-corrected chi connectivity index (χ4v) is 3.59. The van der Waals surface area contributed by atoms with Gasteiger partial charge in [0.15, 0.2) is 0 Å². The number of hydrogen-bond donors (Lipinski definition) is 2. The lowest BCUT2D eigenvalue weighted by Crippen LogP contribution is -2.30. The van der Waals surface area contributed by atoms with E-state index in [0.717, 1.165) is 11.1 Å². The van der Waals surface area contributed by atoms with Crippen molar-refractivity contribution in [3.63, 3.8) is 0 Å². The lowest BCUT2D eigenvalue weighted by molar-refractivity contribution is -0.141. The summed E-state index contributed by atoms with van der Waals surface area (Å²) in [5.41, 5.74) is 3.78. The highest BCUT2D eigenvalue weighted by atomic mass is 16.4. The number of aryl methyl sites for hydroxylation is 1. The number of nitrogens with zero attached hydrogens (tertiary/aromatic N) is 3. The molecule has 3 heterocycles. The van der Waals surface area contributed by atoms with E-state index in [4.69, 9.17) is 0 Å². The van der Waals surface area contributed by atoms with Crippen LogP contribution in [0.4, 0.5) is 0 Å². The molecule has 1 amide bonds. The van der Waals surface area contributed by atoms with Crippen LogP contribution >= 0.6 is 0 Å². The Bertz CT molecular complexity index is 998. The molecule has 7 nitrogen and oxygen atoms in total. The molecule has 1 saturated heterocycles. The number of likely N-dealkylation sites (tertiary alicyclic amines) is 1.